The van der Waals surface area contributed by atoms with E-state index in [2.05, 4.69) is 5.32 Å². The minimum atomic E-state index is -0.859. The van der Waals surface area contributed by atoms with E-state index in [0.717, 1.165) is 0 Å². The molecule has 0 saturated heterocycles. The molecule has 0 aliphatic carbocycles. The molecule has 5 heteroatoms. The van der Waals surface area contributed by atoms with Gasteiger partial charge in [-0.3, -0.25) is 9.59 Å². The molecule has 0 aromatic heterocycles. The van der Waals surface area contributed by atoms with Crippen LogP contribution in [0, 0.1) is 11.3 Å². The Labute approximate surface area is 96.4 Å². The molecule has 4 N–H and O–H groups in total. The predicted molar refractivity (Wildman–Crippen MR) is 61.9 cm³/mol. The van der Waals surface area contributed by atoms with Crippen LogP contribution in [0.3, 0.4) is 0 Å². The van der Waals surface area contributed by atoms with Crippen LogP contribution in [0.4, 0.5) is 0 Å². The lowest BCUT2D eigenvalue weighted by atomic mass is 9.87. The number of nitrogens with two attached hydrogens (primary N) is 1. The van der Waals surface area contributed by atoms with Crippen LogP contribution in [0.25, 0.3) is 0 Å². The van der Waals surface area contributed by atoms with E-state index in [0.29, 0.717) is 6.54 Å². The van der Waals surface area contributed by atoms with Gasteiger partial charge >= 0.3 is 5.97 Å². The molecular formula is C11H22N2O3. The van der Waals surface area contributed by atoms with Crippen molar-refractivity contribution in [1.82, 2.24) is 5.32 Å². The number of hydrogen-bond acceptors (Lipinski definition) is 3. The van der Waals surface area contributed by atoms with Gasteiger partial charge in [-0.2, -0.15) is 0 Å². The fraction of sp³-hybridized carbons (Fsp3) is 0.818. The maximum Gasteiger partial charge on any atom is 0.303 e. The summed E-state index contributed by atoms with van der Waals surface area (Å²) < 4.78 is 0. The fourth-order valence-corrected chi connectivity index (χ4v) is 1.15. The highest BCUT2D eigenvalue weighted by molar-refractivity contribution is 5.82. The number of carbonyl (C=O) groups is 2. The Morgan fingerprint density at radius 2 is 1.88 bits per heavy atom. The standard InChI is InChI=1S/C11H22N2O3/c1-7(5-8(14)15)6-13-10(16)9(12)11(2,3)4/h7,9H,5-6,12H2,1-4H3,(H,13,16)(H,14,15). The molecule has 0 spiro atoms. The lowest BCUT2D eigenvalue weighted by Gasteiger charge is -2.26. The molecule has 2 atom stereocenters. The molecule has 0 aliphatic heterocycles. The Bertz CT molecular complexity index is 258. The Morgan fingerprint density at radius 3 is 2.25 bits per heavy atom. The molecule has 2 unspecified atom stereocenters. The highest BCUT2D eigenvalue weighted by Gasteiger charge is 2.27. The van der Waals surface area contributed by atoms with Crippen molar-refractivity contribution in [2.75, 3.05) is 6.54 Å². The second-order valence-corrected chi connectivity index (χ2v) is 5.29. The summed E-state index contributed by atoms with van der Waals surface area (Å²) in [5, 5.41) is 11.2. The summed E-state index contributed by atoms with van der Waals surface area (Å²) in [7, 11) is 0. The number of amides is 1. The average Bonchev–Trinajstić information content (AvgIpc) is 2.10. The van der Waals surface area contributed by atoms with Gasteiger partial charge in [-0.25, -0.2) is 0 Å². The first-order valence-electron chi connectivity index (χ1n) is 5.39. The van der Waals surface area contributed by atoms with Gasteiger partial charge in [0, 0.05) is 13.0 Å². The minimum absolute atomic E-state index is 0.0467. The smallest absolute Gasteiger partial charge is 0.303 e. The summed E-state index contributed by atoms with van der Waals surface area (Å²) in [6.07, 6.45) is 0.0467. The summed E-state index contributed by atoms with van der Waals surface area (Å²) in [5.41, 5.74) is 5.46. The number of carboxylic acid groups (broad SMARTS) is 1. The van der Waals surface area contributed by atoms with Gasteiger partial charge in [0.2, 0.25) is 5.91 Å². The van der Waals surface area contributed by atoms with E-state index >= 15 is 0 Å². The number of rotatable bonds is 5. The lowest BCUT2D eigenvalue weighted by Crippen LogP contribution is -2.49. The van der Waals surface area contributed by atoms with Crippen LogP contribution >= 0.6 is 0 Å². The zero-order valence-electron chi connectivity index (χ0n) is 10.4. The normalized spacial score (nSPS) is 15.3. The Balaban J connectivity index is 4.03. The summed E-state index contributed by atoms with van der Waals surface area (Å²) >= 11 is 0. The molecule has 0 radical (unpaired) electrons. The first kappa shape index (κ1) is 14.9. The Morgan fingerprint density at radius 1 is 1.38 bits per heavy atom. The predicted octanol–water partition coefficient (Wildman–Crippen LogP) is 0.587. The van der Waals surface area contributed by atoms with Crippen molar-refractivity contribution >= 4 is 11.9 Å². The molecule has 0 saturated carbocycles. The van der Waals surface area contributed by atoms with E-state index in [1.54, 1.807) is 6.92 Å². The van der Waals surface area contributed by atoms with Crippen molar-refractivity contribution in [2.45, 2.75) is 40.2 Å². The largest absolute Gasteiger partial charge is 0.481 e. The Hall–Kier alpha value is -1.10. The maximum absolute atomic E-state index is 11.6. The van der Waals surface area contributed by atoms with Crippen LogP contribution in [0.1, 0.15) is 34.1 Å². The zero-order valence-corrected chi connectivity index (χ0v) is 10.4. The van der Waals surface area contributed by atoms with Crippen LogP contribution in [-0.2, 0) is 9.59 Å². The SMILES string of the molecule is CC(CNC(=O)C(N)C(C)(C)C)CC(=O)O. The van der Waals surface area contributed by atoms with Gasteiger partial charge in [0.05, 0.1) is 6.04 Å². The molecule has 0 aromatic rings. The van der Waals surface area contributed by atoms with E-state index < -0.39 is 12.0 Å². The number of carbonyl (C=O) groups excluding carboxylic acids is 1. The highest BCUT2D eigenvalue weighted by atomic mass is 16.4. The van der Waals surface area contributed by atoms with Crippen LogP contribution in [0.15, 0.2) is 0 Å². The van der Waals surface area contributed by atoms with Gasteiger partial charge < -0.3 is 16.2 Å². The molecule has 0 bridgehead atoms. The molecular weight excluding hydrogens is 208 g/mol. The van der Waals surface area contributed by atoms with E-state index in [1.165, 1.54) is 0 Å². The van der Waals surface area contributed by atoms with Gasteiger partial charge in [0.25, 0.3) is 0 Å². The van der Waals surface area contributed by atoms with E-state index in [9.17, 15) is 9.59 Å². The molecule has 16 heavy (non-hydrogen) atoms. The third-order valence-electron chi connectivity index (χ3n) is 2.36. The van der Waals surface area contributed by atoms with Crippen molar-refractivity contribution in [3.05, 3.63) is 0 Å². The molecule has 0 rings (SSSR count). The van der Waals surface area contributed by atoms with Gasteiger partial charge in [-0.15, -0.1) is 0 Å². The fourth-order valence-electron chi connectivity index (χ4n) is 1.15. The van der Waals surface area contributed by atoms with Crippen molar-refractivity contribution in [3.63, 3.8) is 0 Å². The molecule has 0 aromatic carbocycles. The summed E-state index contributed by atoms with van der Waals surface area (Å²) in [5.74, 6) is -1.18. The third-order valence-corrected chi connectivity index (χ3v) is 2.36. The van der Waals surface area contributed by atoms with Gasteiger partial charge in [-0.05, 0) is 11.3 Å². The van der Waals surface area contributed by atoms with Crippen molar-refractivity contribution < 1.29 is 14.7 Å². The van der Waals surface area contributed by atoms with Crippen molar-refractivity contribution in [2.24, 2.45) is 17.1 Å². The molecule has 0 heterocycles. The van der Waals surface area contributed by atoms with Gasteiger partial charge in [0.15, 0.2) is 0 Å². The maximum atomic E-state index is 11.6. The van der Waals surface area contributed by atoms with Crippen LogP contribution < -0.4 is 11.1 Å². The molecule has 1 amide bonds. The van der Waals surface area contributed by atoms with Crippen LogP contribution in [-0.4, -0.2) is 29.6 Å². The summed E-state index contributed by atoms with van der Waals surface area (Å²) in [6, 6.07) is -0.579. The van der Waals surface area contributed by atoms with E-state index in [-0.39, 0.29) is 23.7 Å². The summed E-state index contributed by atoms with van der Waals surface area (Å²) in [6.45, 7) is 7.78. The third kappa shape index (κ3) is 5.70. The molecule has 0 fully saturated rings. The number of hydrogen-bond donors (Lipinski definition) is 3. The number of aliphatic carboxylic acids is 1. The van der Waals surface area contributed by atoms with E-state index in [1.807, 2.05) is 20.8 Å². The number of carboxylic acids is 1. The lowest BCUT2D eigenvalue weighted by molar-refractivity contribution is -0.138. The van der Waals surface area contributed by atoms with E-state index in [4.69, 9.17) is 10.8 Å². The topological polar surface area (TPSA) is 92.4 Å². The van der Waals surface area contributed by atoms with Crippen molar-refractivity contribution in [1.29, 1.82) is 0 Å². The van der Waals surface area contributed by atoms with Gasteiger partial charge in [-0.1, -0.05) is 27.7 Å². The number of nitrogens with one attached hydrogen (secondary N) is 1. The Kier molecular flexibility index (Phi) is 5.44. The second kappa shape index (κ2) is 5.84. The van der Waals surface area contributed by atoms with Crippen molar-refractivity contribution in [3.8, 4) is 0 Å². The summed E-state index contributed by atoms with van der Waals surface area (Å²) in [4.78, 5) is 22.0. The first-order chi connectivity index (χ1) is 7.14. The molecule has 0 aliphatic rings. The average molecular weight is 230 g/mol. The van der Waals surface area contributed by atoms with Crippen LogP contribution in [0.2, 0.25) is 0 Å². The molecule has 94 valence electrons. The van der Waals surface area contributed by atoms with Gasteiger partial charge in [0.1, 0.15) is 0 Å². The first-order valence-corrected chi connectivity index (χ1v) is 5.39. The monoisotopic (exact) mass is 230 g/mol. The zero-order chi connectivity index (χ0) is 12.9. The second-order valence-electron chi connectivity index (χ2n) is 5.29. The minimum Gasteiger partial charge on any atom is -0.481 e. The van der Waals surface area contributed by atoms with Crippen LogP contribution in [0.5, 0.6) is 0 Å². The quantitative estimate of drug-likeness (QED) is 0.644. The molecule has 5 nitrogen and oxygen atoms in total. The highest BCUT2D eigenvalue weighted by Crippen LogP contribution is 2.17.